The number of benzene rings is 9. The molecule has 7 heteroatoms. The second kappa shape index (κ2) is 14.2. The summed E-state index contributed by atoms with van der Waals surface area (Å²) >= 11 is 0. The summed E-state index contributed by atoms with van der Waals surface area (Å²) in [5, 5.41) is 6.53. The van der Waals surface area contributed by atoms with Crippen LogP contribution in [0.5, 0.6) is 0 Å². The van der Waals surface area contributed by atoms with Gasteiger partial charge in [-0.1, -0.05) is 164 Å². The van der Waals surface area contributed by atoms with Gasteiger partial charge in [-0.25, -0.2) is 9.37 Å². The summed E-state index contributed by atoms with van der Waals surface area (Å²) < 4.78 is 25.1. The zero-order chi connectivity index (χ0) is 42.3. The molecule has 0 radical (unpaired) electrons. The number of rotatable bonds is 6. The van der Waals surface area contributed by atoms with Crippen molar-refractivity contribution in [1.29, 1.82) is 0 Å². The number of aromatic nitrogens is 5. The molecule has 0 atom stereocenters. The minimum absolute atomic E-state index is 0.265. The van der Waals surface area contributed by atoms with Gasteiger partial charge in [-0.15, -0.1) is 0 Å². The molecule has 13 rings (SSSR count). The van der Waals surface area contributed by atoms with Crippen LogP contribution in [0, 0.1) is 5.82 Å². The van der Waals surface area contributed by atoms with Crippen LogP contribution < -0.4 is 0 Å². The molecule has 0 saturated carbocycles. The number of hydrogen-bond acceptors (Lipinski definition) is 4. The third-order valence-corrected chi connectivity index (χ3v) is 12.5. The smallest absolute Gasteiger partial charge is 0.238 e. The fourth-order valence-corrected chi connectivity index (χ4v) is 9.51. The third-order valence-electron chi connectivity index (χ3n) is 12.5. The maximum atomic E-state index is 13.8. The van der Waals surface area contributed by atoms with E-state index in [2.05, 4.69) is 118 Å². The Bertz CT molecular complexity index is 3950. The summed E-state index contributed by atoms with van der Waals surface area (Å²) in [6, 6.07) is 69.6. The van der Waals surface area contributed by atoms with E-state index in [9.17, 15) is 4.39 Å². The van der Waals surface area contributed by atoms with Gasteiger partial charge in [0, 0.05) is 54.7 Å². The average molecular weight is 824 g/mol. The zero-order valence-electron chi connectivity index (χ0n) is 34.2. The van der Waals surface area contributed by atoms with Crippen molar-refractivity contribution in [3.05, 3.63) is 212 Å². The Morgan fingerprint density at radius 2 is 0.875 bits per heavy atom. The van der Waals surface area contributed by atoms with E-state index >= 15 is 0 Å². The van der Waals surface area contributed by atoms with Crippen molar-refractivity contribution in [1.82, 2.24) is 24.1 Å². The molecule has 0 unspecified atom stereocenters. The second-order valence-corrected chi connectivity index (χ2v) is 16.1. The molecule has 0 amide bonds. The Balaban J connectivity index is 1.13. The maximum absolute atomic E-state index is 13.8. The van der Waals surface area contributed by atoms with E-state index in [-0.39, 0.29) is 5.82 Å². The SMILES string of the molecule is Fc1ccc(-c2ccc(-c3nc(-c4ccccc4)nc(-n4c5ccccc5c5ccc6c7ccccc7n(-c7cc(-c8ccccc8)c8oc9ccccc9c8c7)c6c54)n3)cc2)cc1. The number of furan rings is 1. The molecule has 300 valence electrons. The monoisotopic (exact) mass is 823 g/mol. The summed E-state index contributed by atoms with van der Waals surface area (Å²) in [6.07, 6.45) is 0. The van der Waals surface area contributed by atoms with Crippen LogP contribution in [0.1, 0.15) is 0 Å². The van der Waals surface area contributed by atoms with Crippen molar-refractivity contribution < 1.29 is 8.81 Å². The lowest BCUT2D eigenvalue weighted by molar-refractivity contribution is 0.628. The molecule has 0 spiro atoms. The Morgan fingerprint density at radius 1 is 0.375 bits per heavy atom. The van der Waals surface area contributed by atoms with E-state index in [1.54, 1.807) is 12.1 Å². The van der Waals surface area contributed by atoms with E-state index in [1.165, 1.54) is 12.1 Å². The van der Waals surface area contributed by atoms with Crippen molar-refractivity contribution in [2.75, 3.05) is 0 Å². The Kier molecular flexibility index (Phi) is 7.99. The van der Waals surface area contributed by atoms with Crippen molar-refractivity contribution >= 4 is 65.6 Å². The van der Waals surface area contributed by atoms with Gasteiger partial charge < -0.3 is 8.98 Å². The molecule has 64 heavy (non-hydrogen) atoms. The molecule has 9 aromatic carbocycles. The number of fused-ring (bicyclic) bond motifs is 10. The first-order valence-corrected chi connectivity index (χ1v) is 21.3. The molecular formula is C57H34FN5O. The minimum Gasteiger partial charge on any atom is -0.455 e. The first kappa shape index (κ1) is 36.0. The first-order chi connectivity index (χ1) is 31.6. The predicted molar refractivity (Wildman–Crippen MR) is 257 cm³/mol. The lowest BCUT2D eigenvalue weighted by Crippen LogP contribution is -2.07. The van der Waals surface area contributed by atoms with Crippen molar-refractivity contribution in [3.63, 3.8) is 0 Å². The molecule has 13 aromatic rings. The van der Waals surface area contributed by atoms with Gasteiger partial charge in [-0.3, -0.25) is 4.57 Å². The molecule has 6 nitrogen and oxygen atoms in total. The minimum atomic E-state index is -0.265. The molecule has 0 saturated heterocycles. The molecule has 0 bridgehead atoms. The number of para-hydroxylation sites is 3. The van der Waals surface area contributed by atoms with Crippen LogP contribution in [0.15, 0.2) is 211 Å². The van der Waals surface area contributed by atoms with Gasteiger partial charge in [-0.2, -0.15) is 9.97 Å². The van der Waals surface area contributed by atoms with E-state index in [0.29, 0.717) is 17.6 Å². The van der Waals surface area contributed by atoms with Crippen molar-refractivity contribution in [2.45, 2.75) is 0 Å². The van der Waals surface area contributed by atoms with Gasteiger partial charge in [0.15, 0.2) is 11.6 Å². The van der Waals surface area contributed by atoms with Crippen LogP contribution >= 0.6 is 0 Å². The van der Waals surface area contributed by atoms with Crippen LogP contribution in [0.25, 0.3) is 122 Å². The largest absolute Gasteiger partial charge is 0.455 e. The Hall–Kier alpha value is -8.68. The fourth-order valence-electron chi connectivity index (χ4n) is 9.51. The van der Waals surface area contributed by atoms with E-state index in [1.807, 2.05) is 72.8 Å². The highest BCUT2D eigenvalue weighted by atomic mass is 19.1. The van der Waals surface area contributed by atoms with Gasteiger partial charge >= 0.3 is 0 Å². The summed E-state index contributed by atoms with van der Waals surface area (Å²) in [5.41, 5.74) is 12.5. The molecule has 4 aromatic heterocycles. The molecule has 4 heterocycles. The molecule has 0 aliphatic rings. The van der Waals surface area contributed by atoms with Crippen LogP contribution in [0.4, 0.5) is 4.39 Å². The van der Waals surface area contributed by atoms with Crippen LogP contribution in [0.2, 0.25) is 0 Å². The van der Waals surface area contributed by atoms with E-state index in [0.717, 1.165) is 105 Å². The fraction of sp³-hybridized carbons (Fsp3) is 0. The van der Waals surface area contributed by atoms with Crippen LogP contribution in [0.3, 0.4) is 0 Å². The molecular weight excluding hydrogens is 790 g/mol. The highest BCUT2D eigenvalue weighted by Gasteiger charge is 2.25. The lowest BCUT2D eigenvalue weighted by Gasteiger charge is -2.14. The number of halogens is 1. The topological polar surface area (TPSA) is 61.7 Å². The van der Waals surface area contributed by atoms with Gasteiger partial charge in [0.05, 0.1) is 22.1 Å². The predicted octanol–water partition coefficient (Wildman–Crippen LogP) is 14.8. The summed E-state index contributed by atoms with van der Waals surface area (Å²) in [4.78, 5) is 15.8. The zero-order valence-corrected chi connectivity index (χ0v) is 34.2. The molecule has 0 aliphatic heterocycles. The number of nitrogens with zero attached hydrogens (tertiary/aromatic N) is 5. The Labute approximate surface area is 365 Å². The Morgan fingerprint density at radius 3 is 1.53 bits per heavy atom. The van der Waals surface area contributed by atoms with Gasteiger partial charge in [0.25, 0.3) is 0 Å². The maximum Gasteiger partial charge on any atom is 0.238 e. The highest BCUT2D eigenvalue weighted by molar-refractivity contribution is 6.24. The molecule has 0 aliphatic carbocycles. The molecule has 0 N–H and O–H groups in total. The van der Waals surface area contributed by atoms with Crippen molar-refractivity contribution in [3.8, 4) is 56.7 Å². The van der Waals surface area contributed by atoms with Gasteiger partial charge in [0.1, 0.15) is 17.0 Å². The number of hydrogen-bond donors (Lipinski definition) is 0. The third kappa shape index (κ3) is 5.61. The van der Waals surface area contributed by atoms with E-state index in [4.69, 9.17) is 19.4 Å². The van der Waals surface area contributed by atoms with Gasteiger partial charge in [0.2, 0.25) is 5.95 Å². The van der Waals surface area contributed by atoms with Crippen LogP contribution in [-0.4, -0.2) is 24.1 Å². The first-order valence-electron chi connectivity index (χ1n) is 21.3. The van der Waals surface area contributed by atoms with Crippen LogP contribution in [-0.2, 0) is 0 Å². The second-order valence-electron chi connectivity index (χ2n) is 16.1. The average Bonchev–Trinajstić information content (AvgIpc) is 4.02. The standard InChI is InChI=1S/C57H34FN5O/c58-40-29-27-36(28-30-40)35-23-25-39(26-24-35)56-59-55(38-15-5-2-6-16-38)60-57(61-56)63-50-21-11-8-18-43(50)46-32-31-45-42-17-7-10-20-49(42)62(52(45)53(46)63)41-33-47(37-13-3-1-4-14-37)54-48(34-41)44-19-9-12-22-51(44)64-54/h1-34H. The van der Waals surface area contributed by atoms with Crippen molar-refractivity contribution in [2.24, 2.45) is 0 Å². The highest BCUT2D eigenvalue weighted by Crippen LogP contribution is 2.44. The van der Waals surface area contributed by atoms with Gasteiger partial charge in [-0.05, 0) is 59.2 Å². The summed E-state index contributed by atoms with van der Waals surface area (Å²) in [5.74, 6) is 1.34. The quantitative estimate of drug-likeness (QED) is 0.168. The summed E-state index contributed by atoms with van der Waals surface area (Å²) in [7, 11) is 0. The molecule has 0 fully saturated rings. The normalized spacial score (nSPS) is 11.8. The lowest BCUT2D eigenvalue weighted by atomic mass is 10.0. The summed E-state index contributed by atoms with van der Waals surface area (Å²) in [6.45, 7) is 0. The van der Waals surface area contributed by atoms with E-state index < -0.39 is 0 Å².